The van der Waals surface area contributed by atoms with Crippen LogP contribution in [0.2, 0.25) is 10.2 Å². The van der Waals surface area contributed by atoms with Crippen LogP contribution in [-0.4, -0.2) is 81.7 Å². The van der Waals surface area contributed by atoms with Gasteiger partial charge >= 0.3 is 12.1 Å². The van der Waals surface area contributed by atoms with Crippen LogP contribution in [0.1, 0.15) is 39.0 Å². The van der Waals surface area contributed by atoms with Crippen molar-refractivity contribution >= 4 is 62.3 Å². The molecule has 2 saturated heterocycles. The molecule has 0 saturated carbocycles. The van der Waals surface area contributed by atoms with Crippen LogP contribution >= 0.6 is 23.2 Å². The summed E-state index contributed by atoms with van der Waals surface area (Å²) in [6, 6.07) is 3.47. The molecule has 14 nitrogen and oxygen atoms in total. The Bertz CT molecular complexity index is 1790. The van der Waals surface area contributed by atoms with Gasteiger partial charge < -0.3 is 25.3 Å². The number of nitrogen functional groups attached to an aromatic ring is 1. The van der Waals surface area contributed by atoms with E-state index < -0.39 is 82.4 Å². The van der Waals surface area contributed by atoms with Gasteiger partial charge in [-0.15, -0.1) is 0 Å². The Morgan fingerprint density at radius 1 is 1.19 bits per heavy atom. The highest BCUT2D eigenvalue weighted by molar-refractivity contribution is 7.87. The number of fused-ring (bicyclic) bond motifs is 1. The van der Waals surface area contributed by atoms with Crippen molar-refractivity contribution in [3.63, 3.8) is 0 Å². The van der Waals surface area contributed by atoms with E-state index in [0.717, 1.165) is 0 Å². The van der Waals surface area contributed by atoms with Gasteiger partial charge in [0.2, 0.25) is 17.9 Å². The normalized spacial score (nSPS) is 24.9. The second-order valence-electron chi connectivity index (χ2n) is 12.0. The number of ether oxygens (including phenoxy) is 3. The Balaban J connectivity index is 1.55. The zero-order valence-electron chi connectivity index (χ0n) is 25.0. The lowest BCUT2D eigenvalue weighted by Gasteiger charge is -2.30. The van der Waals surface area contributed by atoms with E-state index in [0.29, 0.717) is 10.6 Å². The van der Waals surface area contributed by atoms with Gasteiger partial charge in [0.15, 0.2) is 10.8 Å². The summed E-state index contributed by atoms with van der Waals surface area (Å²) < 4.78 is 91.0. The summed E-state index contributed by atoms with van der Waals surface area (Å²) in [5.74, 6) is -5.15. The third-order valence-electron chi connectivity index (χ3n) is 7.24. The first kappa shape index (κ1) is 35.0. The number of nitrogens with two attached hydrogens (primary N) is 1. The van der Waals surface area contributed by atoms with Crippen LogP contribution in [0.3, 0.4) is 0 Å². The van der Waals surface area contributed by atoms with Crippen LogP contribution < -0.4 is 11.1 Å². The molecule has 3 aromatic rings. The van der Waals surface area contributed by atoms with E-state index in [-0.39, 0.29) is 28.9 Å². The fourth-order valence-electron chi connectivity index (χ4n) is 5.41. The minimum absolute atomic E-state index is 0.0232. The fraction of sp³-hybridized carbons (Fsp3) is 0.519. The average Bonchev–Trinajstić information content (AvgIpc) is 3.58. The molecule has 0 radical (unpaired) electrons. The number of anilines is 1. The highest BCUT2D eigenvalue weighted by Crippen LogP contribution is 2.49. The van der Waals surface area contributed by atoms with E-state index in [1.807, 2.05) is 0 Å². The minimum Gasteiger partial charge on any atom is -0.458 e. The van der Waals surface area contributed by atoms with E-state index in [2.05, 4.69) is 15.0 Å². The van der Waals surface area contributed by atoms with Gasteiger partial charge in [0.05, 0.1) is 25.6 Å². The van der Waals surface area contributed by atoms with E-state index in [9.17, 15) is 31.2 Å². The molecule has 1 amide bonds. The standard InChI is InChI=1S/C27H29Cl2F3N6O8S/c1-25(2,3)46-23(40)18(27(30,31)32)35-16(39)8-15-19(43-9-13-4-6-14(28)7-5-13)26(10-44-47(41,42)11-26)45-22(15)38-12-34-17-20(29)36-24(33)37-21(17)38/h4-7,12,15,18-19,22H,8-11H2,1-3H3,(H,35,39)(H2,33,36,37)/t15-,18?,19-,22-,26?/m1/s1. The van der Waals surface area contributed by atoms with Gasteiger partial charge in [0, 0.05) is 17.4 Å². The van der Waals surface area contributed by atoms with Crippen molar-refractivity contribution in [2.75, 3.05) is 18.1 Å². The molecule has 2 unspecified atom stereocenters. The van der Waals surface area contributed by atoms with Gasteiger partial charge in [-0.05, 0) is 38.5 Å². The van der Waals surface area contributed by atoms with Crippen molar-refractivity contribution in [2.24, 2.45) is 5.92 Å². The topological polar surface area (TPSA) is 187 Å². The molecule has 1 aromatic carbocycles. The first-order valence-corrected chi connectivity index (χ1v) is 16.3. The molecular formula is C27H29Cl2F3N6O8S. The molecule has 20 heteroatoms. The quantitative estimate of drug-likeness (QED) is 0.196. The molecule has 5 rings (SSSR count). The predicted molar refractivity (Wildman–Crippen MR) is 159 cm³/mol. The molecule has 4 heterocycles. The lowest BCUT2D eigenvalue weighted by atomic mass is 9.88. The molecule has 5 atom stereocenters. The molecule has 2 fully saturated rings. The molecule has 2 aromatic heterocycles. The Morgan fingerprint density at radius 3 is 2.47 bits per heavy atom. The van der Waals surface area contributed by atoms with Crippen molar-refractivity contribution in [1.29, 1.82) is 0 Å². The summed E-state index contributed by atoms with van der Waals surface area (Å²) >= 11 is 12.2. The lowest BCUT2D eigenvalue weighted by molar-refractivity contribution is -0.193. The minimum atomic E-state index is -5.21. The lowest BCUT2D eigenvalue weighted by Crippen LogP contribution is -2.53. The average molecular weight is 726 g/mol. The van der Waals surface area contributed by atoms with Crippen LogP contribution in [0, 0.1) is 5.92 Å². The number of carbonyl (C=O) groups excluding carboxylic acids is 2. The van der Waals surface area contributed by atoms with Crippen molar-refractivity contribution in [2.45, 2.75) is 69.6 Å². The molecule has 3 N–H and O–H groups in total. The van der Waals surface area contributed by atoms with Crippen molar-refractivity contribution in [3.05, 3.63) is 46.3 Å². The molecule has 256 valence electrons. The molecular weight excluding hydrogens is 696 g/mol. The number of amides is 1. The number of alkyl halides is 3. The monoisotopic (exact) mass is 724 g/mol. The van der Waals surface area contributed by atoms with Gasteiger partial charge in [0.1, 0.15) is 28.7 Å². The summed E-state index contributed by atoms with van der Waals surface area (Å²) in [7, 11) is -4.15. The van der Waals surface area contributed by atoms with Crippen molar-refractivity contribution < 1.29 is 49.6 Å². The van der Waals surface area contributed by atoms with Gasteiger partial charge in [-0.2, -0.15) is 31.6 Å². The molecule has 47 heavy (non-hydrogen) atoms. The third-order valence-corrected chi connectivity index (χ3v) is 9.08. The molecule has 0 bridgehead atoms. The Hall–Kier alpha value is -3.29. The van der Waals surface area contributed by atoms with Gasteiger partial charge in [-0.1, -0.05) is 35.3 Å². The smallest absolute Gasteiger partial charge is 0.419 e. The number of hydrogen-bond donors (Lipinski definition) is 2. The summed E-state index contributed by atoms with van der Waals surface area (Å²) in [5, 5.41) is 2.03. The first-order chi connectivity index (χ1) is 21.8. The van der Waals surface area contributed by atoms with Crippen LogP contribution in [0.4, 0.5) is 19.1 Å². The summed E-state index contributed by atoms with van der Waals surface area (Å²) in [6.45, 7) is 3.44. The molecule has 2 aliphatic heterocycles. The highest BCUT2D eigenvalue weighted by Gasteiger charge is 2.62. The van der Waals surface area contributed by atoms with Crippen LogP contribution in [0.5, 0.6) is 0 Å². The maximum Gasteiger partial charge on any atom is 0.419 e. The first-order valence-electron chi connectivity index (χ1n) is 13.9. The number of imidazole rings is 1. The van der Waals surface area contributed by atoms with E-state index in [4.69, 9.17) is 47.3 Å². The number of nitrogens with one attached hydrogen (secondary N) is 1. The Morgan fingerprint density at radius 2 is 1.87 bits per heavy atom. The molecule has 0 aliphatic carbocycles. The number of esters is 1. The number of halogens is 5. The zero-order valence-corrected chi connectivity index (χ0v) is 27.3. The Labute approximate surface area is 276 Å². The predicted octanol–water partition coefficient (Wildman–Crippen LogP) is 3.32. The van der Waals surface area contributed by atoms with Crippen LogP contribution in [-0.2, 0) is 44.7 Å². The van der Waals surface area contributed by atoms with Gasteiger partial charge in [0.25, 0.3) is 10.1 Å². The number of rotatable bonds is 8. The van der Waals surface area contributed by atoms with E-state index >= 15 is 0 Å². The van der Waals surface area contributed by atoms with Crippen LogP contribution in [0.15, 0.2) is 30.6 Å². The summed E-state index contributed by atoms with van der Waals surface area (Å²) in [5.41, 5.74) is 3.46. The second kappa shape index (κ2) is 12.6. The maximum atomic E-state index is 14.0. The van der Waals surface area contributed by atoms with E-state index in [1.165, 1.54) is 31.7 Å². The van der Waals surface area contributed by atoms with E-state index in [1.54, 1.807) is 29.6 Å². The van der Waals surface area contributed by atoms with Crippen molar-refractivity contribution in [1.82, 2.24) is 24.8 Å². The third kappa shape index (κ3) is 7.73. The number of benzene rings is 1. The SMILES string of the molecule is CC(C)(C)OC(=O)C(NC(=O)C[C@H]1[C@H](n2cnc3c(Cl)nc(N)nc32)OC2(COS(=O)(=O)C2)[C@@H]1OCc1ccc(Cl)cc1)C(F)(F)F. The summed E-state index contributed by atoms with van der Waals surface area (Å²) in [4.78, 5) is 38.1. The van der Waals surface area contributed by atoms with Gasteiger partial charge in [-0.25, -0.2) is 9.78 Å². The Kier molecular flexibility index (Phi) is 9.41. The molecule has 1 spiro atoms. The number of hydrogen-bond acceptors (Lipinski definition) is 12. The maximum absolute atomic E-state index is 14.0. The van der Waals surface area contributed by atoms with Gasteiger partial charge in [-0.3, -0.25) is 13.5 Å². The number of nitrogens with zero attached hydrogens (tertiary/aromatic N) is 4. The number of aromatic nitrogens is 4. The zero-order chi connectivity index (χ0) is 34.5. The van der Waals surface area contributed by atoms with Crippen molar-refractivity contribution in [3.8, 4) is 0 Å². The largest absolute Gasteiger partial charge is 0.458 e. The van der Waals surface area contributed by atoms with Crippen LogP contribution in [0.25, 0.3) is 11.2 Å². The fourth-order valence-corrected chi connectivity index (χ4v) is 7.13. The molecule has 2 aliphatic rings. The second-order valence-corrected chi connectivity index (χ2v) is 14.5. The highest BCUT2D eigenvalue weighted by atomic mass is 35.5. The summed E-state index contributed by atoms with van der Waals surface area (Å²) in [6.07, 6.45) is -7.38. The number of carbonyl (C=O) groups is 2.